The predicted molar refractivity (Wildman–Crippen MR) is 84.4 cm³/mol. The Morgan fingerprint density at radius 3 is 2.95 bits per heavy atom. The number of nitrogens with zero attached hydrogens (tertiary/aromatic N) is 1. The van der Waals surface area contributed by atoms with E-state index in [1.807, 2.05) is 30.3 Å². The summed E-state index contributed by atoms with van der Waals surface area (Å²) in [6, 6.07) is 10.0. The second-order valence-corrected chi connectivity index (χ2v) is 4.79. The van der Waals surface area contributed by atoms with Crippen LogP contribution in [0.2, 0.25) is 5.15 Å². The van der Waals surface area contributed by atoms with Crippen molar-refractivity contribution >= 4 is 11.6 Å². The van der Waals surface area contributed by atoms with Gasteiger partial charge in [-0.05, 0) is 47.7 Å². The summed E-state index contributed by atoms with van der Waals surface area (Å²) >= 11 is 6.17. The fraction of sp³-hybridized carbons (Fsp3) is 0.235. The molecule has 0 N–H and O–H groups in total. The molecule has 0 spiro atoms. The SMILES string of the molecule is C=CCCOc1cccc(-c2ccnc(Cl)c2CC)c1. The molecule has 1 aromatic heterocycles. The second-order valence-electron chi connectivity index (χ2n) is 4.44. The topological polar surface area (TPSA) is 22.1 Å². The lowest BCUT2D eigenvalue weighted by Gasteiger charge is -2.11. The zero-order valence-corrected chi connectivity index (χ0v) is 12.4. The van der Waals surface area contributed by atoms with E-state index in [1.54, 1.807) is 6.20 Å². The molecule has 0 fully saturated rings. The van der Waals surface area contributed by atoms with Crippen LogP contribution < -0.4 is 4.74 Å². The highest BCUT2D eigenvalue weighted by molar-refractivity contribution is 6.30. The van der Waals surface area contributed by atoms with Gasteiger partial charge >= 0.3 is 0 Å². The first kappa shape index (κ1) is 14.6. The summed E-state index contributed by atoms with van der Waals surface area (Å²) in [6.07, 6.45) is 5.28. The molecule has 3 heteroatoms. The van der Waals surface area contributed by atoms with E-state index in [0.29, 0.717) is 11.8 Å². The molecule has 2 rings (SSSR count). The van der Waals surface area contributed by atoms with E-state index in [2.05, 4.69) is 24.6 Å². The summed E-state index contributed by atoms with van der Waals surface area (Å²) in [6.45, 7) is 6.41. The van der Waals surface area contributed by atoms with Crippen LogP contribution in [0.15, 0.2) is 49.2 Å². The van der Waals surface area contributed by atoms with E-state index < -0.39 is 0 Å². The minimum atomic E-state index is 0.572. The molecule has 0 aliphatic carbocycles. The van der Waals surface area contributed by atoms with Gasteiger partial charge in [-0.2, -0.15) is 0 Å². The Morgan fingerprint density at radius 1 is 1.35 bits per heavy atom. The molecule has 0 aliphatic rings. The van der Waals surface area contributed by atoms with Crippen molar-refractivity contribution in [1.29, 1.82) is 0 Å². The molecule has 0 amide bonds. The van der Waals surface area contributed by atoms with Crippen LogP contribution in [0.25, 0.3) is 11.1 Å². The third-order valence-corrected chi connectivity index (χ3v) is 3.42. The number of ether oxygens (including phenoxy) is 1. The van der Waals surface area contributed by atoms with Gasteiger partial charge in [0.25, 0.3) is 0 Å². The molecule has 0 aliphatic heterocycles. The van der Waals surface area contributed by atoms with Crippen molar-refractivity contribution in [3.05, 3.63) is 59.9 Å². The number of aromatic nitrogens is 1. The zero-order valence-electron chi connectivity index (χ0n) is 11.6. The Bertz CT molecular complexity index is 595. The van der Waals surface area contributed by atoms with Crippen LogP contribution in [0.4, 0.5) is 0 Å². The number of benzene rings is 1. The molecule has 20 heavy (non-hydrogen) atoms. The Balaban J connectivity index is 2.31. The molecule has 1 aromatic carbocycles. The van der Waals surface area contributed by atoms with Crippen LogP contribution >= 0.6 is 11.6 Å². The molecule has 0 atom stereocenters. The normalized spacial score (nSPS) is 10.3. The average Bonchev–Trinajstić information content (AvgIpc) is 2.47. The summed E-state index contributed by atoms with van der Waals surface area (Å²) < 4.78 is 5.69. The van der Waals surface area contributed by atoms with E-state index in [4.69, 9.17) is 16.3 Å². The van der Waals surface area contributed by atoms with Crippen molar-refractivity contribution in [2.45, 2.75) is 19.8 Å². The Hall–Kier alpha value is -1.80. The molecule has 1 heterocycles. The Morgan fingerprint density at radius 2 is 2.20 bits per heavy atom. The van der Waals surface area contributed by atoms with Crippen molar-refractivity contribution in [3.8, 4) is 16.9 Å². The van der Waals surface area contributed by atoms with Crippen LogP contribution in [0, 0.1) is 0 Å². The number of hydrogen-bond donors (Lipinski definition) is 0. The molecule has 2 nitrogen and oxygen atoms in total. The number of pyridine rings is 1. The maximum Gasteiger partial charge on any atom is 0.132 e. The van der Waals surface area contributed by atoms with Gasteiger partial charge in [0, 0.05) is 6.20 Å². The molecule has 0 saturated heterocycles. The van der Waals surface area contributed by atoms with Crippen LogP contribution in [0.5, 0.6) is 5.75 Å². The lowest BCUT2D eigenvalue weighted by atomic mass is 10.00. The van der Waals surface area contributed by atoms with E-state index in [0.717, 1.165) is 35.3 Å². The third kappa shape index (κ3) is 3.40. The third-order valence-electron chi connectivity index (χ3n) is 3.09. The van der Waals surface area contributed by atoms with Gasteiger partial charge in [-0.25, -0.2) is 4.98 Å². The Labute approximate surface area is 125 Å². The number of rotatable bonds is 6. The van der Waals surface area contributed by atoms with Crippen molar-refractivity contribution in [1.82, 2.24) is 4.98 Å². The fourth-order valence-corrected chi connectivity index (χ4v) is 2.38. The van der Waals surface area contributed by atoms with E-state index in [-0.39, 0.29) is 0 Å². The van der Waals surface area contributed by atoms with Crippen molar-refractivity contribution < 1.29 is 4.74 Å². The maximum absolute atomic E-state index is 6.17. The summed E-state index contributed by atoms with van der Waals surface area (Å²) in [5.74, 6) is 0.860. The number of halogens is 1. The average molecular weight is 288 g/mol. The highest BCUT2D eigenvalue weighted by Gasteiger charge is 2.09. The molecule has 2 aromatic rings. The van der Waals surface area contributed by atoms with Crippen LogP contribution in [0.3, 0.4) is 0 Å². The first-order valence-corrected chi connectivity index (χ1v) is 7.11. The van der Waals surface area contributed by atoms with Gasteiger partial charge in [0.2, 0.25) is 0 Å². The summed E-state index contributed by atoms with van der Waals surface area (Å²) in [4.78, 5) is 4.14. The van der Waals surface area contributed by atoms with Gasteiger partial charge in [0.1, 0.15) is 10.9 Å². The van der Waals surface area contributed by atoms with Gasteiger partial charge in [0.05, 0.1) is 6.61 Å². The van der Waals surface area contributed by atoms with Crippen molar-refractivity contribution in [2.75, 3.05) is 6.61 Å². The van der Waals surface area contributed by atoms with E-state index >= 15 is 0 Å². The van der Waals surface area contributed by atoms with Crippen molar-refractivity contribution in [2.24, 2.45) is 0 Å². The zero-order chi connectivity index (χ0) is 14.4. The highest BCUT2D eigenvalue weighted by Crippen LogP contribution is 2.30. The molecule has 0 unspecified atom stereocenters. The van der Waals surface area contributed by atoms with Gasteiger partial charge in [-0.1, -0.05) is 36.7 Å². The molecular weight excluding hydrogens is 270 g/mol. The lowest BCUT2D eigenvalue weighted by Crippen LogP contribution is -1.96. The quantitative estimate of drug-likeness (QED) is 0.427. The summed E-state index contributed by atoms with van der Waals surface area (Å²) in [5.41, 5.74) is 3.28. The monoisotopic (exact) mass is 287 g/mol. The number of hydrogen-bond acceptors (Lipinski definition) is 2. The predicted octanol–water partition coefficient (Wildman–Crippen LogP) is 4.92. The summed E-state index contributed by atoms with van der Waals surface area (Å²) in [7, 11) is 0. The van der Waals surface area contributed by atoms with Crippen LogP contribution in [-0.2, 0) is 6.42 Å². The van der Waals surface area contributed by atoms with Gasteiger partial charge in [-0.3, -0.25) is 0 Å². The molecule has 104 valence electrons. The fourth-order valence-electron chi connectivity index (χ4n) is 2.09. The first-order valence-electron chi connectivity index (χ1n) is 6.73. The standard InChI is InChI=1S/C17H18ClNO/c1-3-5-11-20-14-8-6-7-13(12-14)16-9-10-19-17(18)15(16)4-2/h3,6-10,12H,1,4-5,11H2,2H3. The van der Waals surface area contributed by atoms with Crippen LogP contribution in [0.1, 0.15) is 18.9 Å². The van der Waals surface area contributed by atoms with Gasteiger partial charge < -0.3 is 4.74 Å². The minimum absolute atomic E-state index is 0.572. The smallest absolute Gasteiger partial charge is 0.132 e. The Kier molecular flexibility index (Phi) is 5.19. The van der Waals surface area contributed by atoms with Crippen molar-refractivity contribution in [3.63, 3.8) is 0 Å². The largest absolute Gasteiger partial charge is 0.493 e. The van der Waals surface area contributed by atoms with E-state index in [1.165, 1.54) is 0 Å². The second kappa shape index (κ2) is 7.11. The first-order chi connectivity index (χ1) is 9.76. The lowest BCUT2D eigenvalue weighted by molar-refractivity contribution is 0.325. The molecule has 0 radical (unpaired) electrons. The minimum Gasteiger partial charge on any atom is -0.493 e. The maximum atomic E-state index is 6.17. The van der Waals surface area contributed by atoms with E-state index in [9.17, 15) is 0 Å². The van der Waals surface area contributed by atoms with Gasteiger partial charge in [-0.15, -0.1) is 6.58 Å². The van der Waals surface area contributed by atoms with Gasteiger partial charge in [0.15, 0.2) is 0 Å². The van der Waals surface area contributed by atoms with Crippen LogP contribution in [-0.4, -0.2) is 11.6 Å². The molecular formula is C17H18ClNO. The molecule has 0 bridgehead atoms. The summed E-state index contributed by atoms with van der Waals surface area (Å²) in [5, 5.41) is 0.572. The molecule has 0 saturated carbocycles. The highest BCUT2D eigenvalue weighted by atomic mass is 35.5.